The van der Waals surface area contributed by atoms with E-state index in [9.17, 15) is 4.79 Å². The molecule has 0 amide bonds. The van der Waals surface area contributed by atoms with Gasteiger partial charge in [-0.15, -0.1) is 0 Å². The molecule has 2 unspecified atom stereocenters. The molecule has 132 valence electrons. The maximum Gasteiger partial charge on any atom is 0.323 e. The van der Waals surface area contributed by atoms with Gasteiger partial charge in [0.1, 0.15) is 18.4 Å². The monoisotopic (exact) mass is 339 g/mol. The first-order valence-corrected chi connectivity index (χ1v) is 8.64. The Morgan fingerprint density at radius 2 is 1.72 bits per heavy atom. The van der Waals surface area contributed by atoms with Gasteiger partial charge in [0, 0.05) is 0 Å². The topological polar surface area (TPSA) is 42.1 Å². The SMILES string of the molecule is COC(=O)[C@H](C(C)C)N(C)C1OC1c1ccccc1-c1ccccc1. The van der Waals surface area contributed by atoms with E-state index in [-0.39, 0.29) is 30.3 Å². The number of benzene rings is 2. The van der Waals surface area contributed by atoms with Crippen LogP contribution in [0, 0.1) is 5.92 Å². The van der Waals surface area contributed by atoms with Crippen LogP contribution in [0.15, 0.2) is 54.6 Å². The minimum absolute atomic E-state index is 0.0349. The average Bonchev–Trinajstić information content (AvgIpc) is 3.42. The first-order chi connectivity index (χ1) is 12.0. The summed E-state index contributed by atoms with van der Waals surface area (Å²) in [5.41, 5.74) is 3.49. The standard InChI is InChI=1S/C21H25NO3/c1-14(2)18(21(23)24-4)22(3)20-19(25-20)17-13-9-8-12-16(17)15-10-6-5-7-11-15/h5-14,18-20H,1-4H3/t18-,19?,20?/m0/s1. The molecular formula is C21H25NO3. The van der Waals surface area contributed by atoms with Crippen LogP contribution in [-0.4, -0.2) is 37.3 Å². The number of carbonyl (C=O) groups is 1. The van der Waals surface area contributed by atoms with E-state index < -0.39 is 0 Å². The first-order valence-electron chi connectivity index (χ1n) is 8.64. The molecule has 1 fully saturated rings. The van der Waals surface area contributed by atoms with Crippen LogP contribution >= 0.6 is 0 Å². The summed E-state index contributed by atoms with van der Waals surface area (Å²) in [5, 5.41) is 0. The van der Waals surface area contributed by atoms with Crippen molar-refractivity contribution in [2.75, 3.05) is 14.2 Å². The lowest BCUT2D eigenvalue weighted by atomic mass is 9.96. The highest BCUT2D eigenvalue weighted by Crippen LogP contribution is 2.45. The lowest BCUT2D eigenvalue weighted by Gasteiger charge is -2.27. The Morgan fingerprint density at radius 1 is 1.08 bits per heavy atom. The summed E-state index contributed by atoms with van der Waals surface area (Å²) in [6.45, 7) is 4.04. The quantitative estimate of drug-likeness (QED) is 0.592. The number of carbonyl (C=O) groups excluding carboxylic acids is 1. The number of ether oxygens (including phenoxy) is 2. The van der Waals surface area contributed by atoms with Gasteiger partial charge >= 0.3 is 5.97 Å². The van der Waals surface area contributed by atoms with E-state index in [1.54, 1.807) is 0 Å². The fourth-order valence-corrected chi connectivity index (χ4v) is 3.45. The Labute approximate surface area is 149 Å². The third kappa shape index (κ3) is 3.60. The van der Waals surface area contributed by atoms with Gasteiger partial charge < -0.3 is 9.47 Å². The lowest BCUT2D eigenvalue weighted by molar-refractivity contribution is -0.149. The Morgan fingerprint density at radius 3 is 2.36 bits per heavy atom. The highest BCUT2D eigenvalue weighted by atomic mass is 16.6. The van der Waals surface area contributed by atoms with E-state index in [4.69, 9.17) is 9.47 Å². The normalized spacial score (nSPS) is 20.6. The third-order valence-electron chi connectivity index (χ3n) is 4.73. The zero-order chi connectivity index (χ0) is 18.0. The second-order valence-corrected chi connectivity index (χ2v) is 6.78. The maximum atomic E-state index is 12.1. The van der Waals surface area contributed by atoms with E-state index >= 15 is 0 Å². The van der Waals surface area contributed by atoms with Gasteiger partial charge in [0.2, 0.25) is 0 Å². The number of hydrogen-bond donors (Lipinski definition) is 0. The molecule has 1 saturated heterocycles. The molecule has 0 radical (unpaired) electrons. The second kappa shape index (κ2) is 7.38. The van der Waals surface area contributed by atoms with Gasteiger partial charge in [-0.3, -0.25) is 9.69 Å². The van der Waals surface area contributed by atoms with Crippen molar-refractivity contribution in [3.05, 3.63) is 60.2 Å². The highest BCUT2D eigenvalue weighted by molar-refractivity contribution is 5.76. The summed E-state index contributed by atoms with van der Waals surface area (Å²) < 4.78 is 10.9. The van der Waals surface area contributed by atoms with Crippen LogP contribution in [0.2, 0.25) is 0 Å². The molecule has 4 nitrogen and oxygen atoms in total. The van der Waals surface area contributed by atoms with Gasteiger partial charge in [-0.05, 0) is 29.7 Å². The average molecular weight is 339 g/mol. The Balaban J connectivity index is 1.83. The molecule has 0 aliphatic carbocycles. The highest BCUT2D eigenvalue weighted by Gasteiger charge is 2.48. The van der Waals surface area contributed by atoms with Crippen LogP contribution in [0.25, 0.3) is 11.1 Å². The lowest BCUT2D eigenvalue weighted by Crippen LogP contribution is -2.44. The fraction of sp³-hybridized carbons (Fsp3) is 0.381. The van der Waals surface area contributed by atoms with Gasteiger partial charge in [-0.2, -0.15) is 0 Å². The molecule has 2 aromatic carbocycles. The molecule has 3 atom stereocenters. The number of hydrogen-bond acceptors (Lipinski definition) is 4. The minimum Gasteiger partial charge on any atom is -0.468 e. The summed E-state index contributed by atoms with van der Waals surface area (Å²) in [6, 6.07) is 18.3. The van der Waals surface area contributed by atoms with Crippen LogP contribution < -0.4 is 0 Å². The van der Waals surface area contributed by atoms with E-state index in [0.29, 0.717) is 0 Å². The summed E-state index contributed by atoms with van der Waals surface area (Å²) in [5.74, 6) is -0.0743. The predicted molar refractivity (Wildman–Crippen MR) is 97.9 cm³/mol. The summed E-state index contributed by atoms with van der Waals surface area (Å²) in [4.78, 5) is 14.1. The van der Waals surface area contributed by atoms with Crippen molar-refractivity contribution in [3.63, 3.8) is 0 Å². The number of epoxide rings is 1. The first kappa shape index (κ1) is 17.6. The molecule has 0 saturated carbocycles. The van der Waals surface area contributed by atoms with Crippen molar-refractivity contribution in [1.29, 1.82) is 0 Å². The fourth-order valence-electron chi connectivity index (χ4n) is 3.45. The van der Waals surface area contributed by atoms with Crippen LogP contribution in [0.4, 0.5) is 0 Å². The number of esters is 1. The summed E-state index contributed by atoms with van der Waals surface area (Å²) in [6.07, 6.45) is -0.149. The zero-order valence-electron chi connectivity index (χ0n) is 15.2. The molecule has 4 heteroatoms. The van der Waals surface area contributed by atoms with Crippen molar-refractivity contribution in [2.45, 2.75) is 32.2 Å². The molecule has 25 heavy (non-hydrogen) atoms. The van der Waals surface area contributed by atoms with E-state index in [0.717, 1.165) is 5.56 Å². The molecule has 1 aliphatic rings. The Hall–Kier alpha value is -2.17. The van der Waals surface area contributed by atoms with Crippen LogP contribution in [0.3, 0.4) is 0 Å². The van der Waals surface area contributed by atoms with E-state index in [1.807, 2.05) is 56.1 Å². The van der Waals surface area contributed by atoms with Crippen molar-refractivity contribution in [2.24, 2.45) is 5.92 Å². The number of nitrogens with zero attached hydrogens (tertiary/aromatic N) is 1. The third-order valence-corrected chi connectivity index (χ3v) is 4.73. The summed E-state index contributed by atoms with van der Waals surface area (Å²) >= 11 is 0. The molecule has 3 rings (SSSR count). The predicted octanol–water partition coefficient (Wildman–Crippen LogP) is 3.88. The minimum atomic E-state index is -0.316. The van der Waals surface area contributed by atoms with Crippen LogP contribution in [-0.2, 0) is 14.3 Å². The molecule has 0 N–H and O–H groups in total. The van der Waals surface area contributed by atoms with Gasteiger partial charge in [-0.1, -0.05) is 68.4 Å². The molecule has 0 aromatic heterocycles. The summed E-state index contributed by atoms with van der Waals surface area (Å²) in [7, 11) is 3.36. The van der Waals surface area contributed by atoms with Crippen molar-refractivity contribution in [3.8, 4) is 11.1 Å². The van der Waals surface area contributed by atoms with Crippen LogP contribution in [0.1, 0.15) is 25.5 Å². The smallest absolute Gasteiger partial charge is 0.323 e. The van der Waals surface area contributed by atoms with Crippen molar-refractivity contribution in [1.82, 2.24) is 4.90 Å². The van der Waals surface area contributed by atoms with Crippen molar-refractivity contribution >= 4 is 5.97 Å². The molecular weight excluding hydrogens is 314 g/mol. The molecule has 2 aromatic rings. The van der Waals surface area contributed by atoms with Crippen molar-refractivity contribution < 1.29 is 14.3 Å². The Kier molecular flexibility index (Phi) is 5.21. The zero-order valence-corrected chi connectivity index (χ0v) is 15.2. The number of methoxy groups -OCH3 is 1. The van der Waals surface area contributed by atoms with Gasteiger partial charge in [-0.25, -0.2) is 0 Å². The van der Waals surface area contributed by atoms with E-state index in [2.05, 4.69) is 24.3 Å². The molecule has 0 bridgehead atoms. The van der Waals surface area contributed by atoms with Crippen LogP contribution in [0.5, 0.6) is 0 Å². The Bertz CT molecular complexity index is 729. The number of likely N-dealkylation sites (N-methyl/N-ethyl adjacent to an activating group) is 1. The second-order valence-electron chi connectivity index (χ2n) is 6.78. The maximum absolute atomic E-state index is 12.1. The van der Waals surface area contributed by atoms with Gasteiger partial charge in [0.05, 0.1) is 7.11 Å². The molecule has 0 spiro atoms. The van der Waals surface area contributed by atoms with Gasteiger partial charge in [0.15, 0.2) is 0 Å². The molecule has 1 heterocycles. The number of rotatable bonds is 6. The van der Waals surface area contributed by atoms with Gasteiger partial charge in [0.25, 0.3) is 0 Å². The largest absolute Gasteiger partial charge is 0.468 e. The molecule has 1 aliphatic heterocycles. The van der Waals surface area contributed by atoms with E-state index in [1.165, 1.54) is 18.2 Å².